The number of methoxy groups -OCH3 is 1. The number of hydrogen-bond donors (Lipinski definition) is 0. The first-order valence-corrected chi connectivity index (χ1v) is 9.28. The summed E-state index contributed by atoms with van der Waals surface area (Å²) in [7, 11) is 1.28. The summed E-state index contributed by atoms with van der Waals surface area (Å²) in [4.78, 5) is 39.0. The molecule has 0 aliphatic rings. The lowest BCUT2D eigenvalue weighted by Crippen LogP contribution is -2.42. The van der Waals surface area contributed by atoms with Crippen LogP contribution in [0.5, 0.6) is 0 Å². The normalized spacial score (nSPS) is 11.0. The molecule has 1 heterocycles. The maximum Gasteiger partial charge on any atom is 0.325 e. The van der Waals surface area contributed by atoms with Crippen molar-refractivity contribution in [3.63, 3.8) is 0 Å². The first-order valence-electron chi connectivity index (χ1n) is 9.28. The van der Waals surface area contributed by atoms with Crippen molar-refractivity contribution >= 4 is 22.6 Å². The summed E-state index contributed by atoms with van der Waals surface area (Å²) in [5.41, 5.74) is -0.0263. The van der Waals surface area contributed by atoms with Crippen molar-refractivity contribution < 1.29 is 14.3 Å². The van der Waals surface area contributed by atoms with Gasteiger partial charge in [-0.05, 0) is 26.3 Å². The molecule has 1 amide bonds. The molecule has 27 heavy (non-hydrogen) atoms. The molecule has 0 spiro atoms. The van der Waals surface area contributed by atoms with Gasteiger partial charge >= 0.3 is 5.97 Å². The summed E-state index contributed by atoms with van der Waals surface area (Å²) in [5.74, 6) is -0.895. The van der Waals surface area contributed by atoms with Crippen LogP contribution in [0.4, 0.5) is 0 Å². The smallest absolute Gasteiger partial charge is 0.325 e. The molecule has 146 valence electrons. The number of carbonyl (C=O) groups is 2. The van der Waals surface area contributed by atoms with Gasteiger partial charge in [0.2, 0.25) is 0 Å². The molecule has 0 bridgehead atoms. The minimum Gasteiger partial charge on any atom is -0.468 e. The van der Waals surface area contributed by atoms with Crippen molar-refractivity contribution in [2.24, 2.45) is 0 Å². The van der Waals surface area contributed by atoms with Crippen LogP contribution in [0.25, 0.3) is 10.8 Å². The average molecular weight is 373 g/mol. The molecule has 0 atom stereocenters. The van der Waals surface area contributed by atoms with Gasteiger partial charge in [-0.1, -0.05) is 38.0 Å². The van der Waals surface area contributed by atoms with Crippen LogP contribution in [-0.4, -0.2) is 46.3 Å². The average Bonchev–Trinajstić information content (AvgIpc) is 2.67. The SMILES string of the molecule is CCCCCn1nc(C(=O)N(CC(=O)OC)C(C)C)c2ccccc2c1=O. The molecule has 0 unspecified atom stereocenters. The maximum absolute atomic E-state index is 13.2. The summed E-state index contributed by atoms with van der Waals surface area (Å²) in [6, 6.07) is 6.72. The highest BCUT2D eigenvalue weighted by atomic mass is 16.5. The van der Waals surface area contributed by atoms with E-state index in [4.69, 9.17) is 4.74 Å². The summed E-state index contributed by atoms with van der Waals surface area (Å²) in [6.07, 6.45) is 2.81. The summed E-state index contributed by atoms with van der Waals surface area (Å²) >= 11 is 0. The Morgan fingerprint density at radius 3 is 2.44 bits per heavy atom. The highest BCUT2D eigenvalue weighted by Gasteiger charge is 2.26. The van der Waals surface area contributed by atoms with E-state index in [1.165, 1.54) is 16.7 Å². The number of rotatable bonds is 8. The number of esters is 1. The van der Waals surface area contributed by atoms with Crippen molar-refractivity contribution in [2.75, 3.05) is 13.7 Å². The van der Waals surface area contributed by atoms with Crippen molar-refractivity contribution in [1.29, 1.82) is 0 Å². The quantitative estimate of drug-likeness (QED) is 0.525. The number of aryl methyl sites for hydroxylation is 1. The first-order chi connectivity index (χ1) is 12.9. The van der Waals surface area contributed by atoms with Crippen LogP contribution in [-0.2, 0) is 16.1 Å². The fourth-order valence-corrected chi connectivity index (χ4v) is 2.88. The predicted molar refractivity (Wildman–Crippen MR) is 104 cm³/mol. The molecule has 0 aliphatic carbocycles. The molecule has 0 fully saturated rings. The Labute approximate surface area is 158 Å². The number of fused-ring (bicyclic) bond motifs is 1. The van der Waals surface area contributed by atoms with Crippen LogP contribution >= 0.6 is 0 Å². The molecular formula is C20H27N3O4. The van der Waals surface area contributed by atoms with Crippen molar-refractivity contribution in [2.45, 2.75) is 52.6 Å². The van der Waals surface area contributed by atoms with E-state index < -0.39 is 11.9 Å². The largest absolute Gasteiger partial charge is 0.468 e. The second-order valence-electron chi connectivity index (χ2n) is 6.73. The molecule has 0 saturated heterocycles. The Hall–Kier alpha value is -2.70. The number of nitrogens with zero attached hydrogens (tertiary/aromatic N) is 3. The van der Waals surface area contributed by atoms with Gasteiger partial charge in [0.25, 0.3) is 11.5 Å². The zero-order valence-corrected chi connectivity index (χ0v) is 16.4. The highest BCUT2D eigenvalue weighted by Crippen LogP contribution is 2.17. The van der Waals surface area contributed by atoms with Gasteiger partial charge in [0.15, 0.2) is 5.69 Å². The van der Waals surface area contributed by atoms with Gasteiger partial charge in [0.1, 0.15) is 6.54 Å². The summed E-state index contributed by atoms with van der Waals surface area (Å²) in [5, 5.41) is 5.32. The summed E-state index contributed by atoms with van der Waals surface area (Å²) < 4.78 is 6.07. The molecule has 1 aromatic carbocycles. The first kappa shape index (κ1) is 20.6. The van der Waals surface area contributed by atoms with E-state index in [2.05, 4.69) is 12.0 Å². The van der Waals surface area contributed by atoms with E-state index in [1.54, 1.807) is 24.3 Å². The van der Waals surface area contributed by atoms with Crippen molar-refractivity contribution in [3.8, 4) is 0 Å². The van der Waals surface area contributed by atoms with E-state index in [0.717, 1.165) is 19.3 Å². The van der Waals surface area contributed by atoms with Gasteiger partial charge in [-0.2, -0.15) is 5.10 Å². The monoisotopic (exact) mass is 373 g/mol. The van der Waals surface area contributed by atoms with Gasteiger partial charge in [-0.3, -0.25) is 14.4 Å². The van der Waals surface area contributed by atoms with Gasteiger partial charge in [-0.15, -0.1) is 0 Å². The molecule has 2 aromatic rings. The Morgan fingerprint density at radius 1 is 1.19 bits per heavy atom. The Morgan fingerprint density at radius 2 is 1.85 bits per heavy atom. The zero-order chi connectivity index (χ0) is 20.0. The molecule has 0 saturated carbocycles. The third-order valence-electron chi connectivity index (χ3n) is 4.46. The van der Waals surface area contributed by atoms with E-state index in [9.17, 15) is 14.4 Å². The van der Waals surface area contributed by atoms with Gasteiger partial charge in [0, 0.05) is 18.0 Å². The lowest BCUT2D eigenvalue weighted by Gasteiger charge is -2.25. The zero-order valence-electron chi connectivity index (χ0n) is 16.4. The van der Waals surface area contributed by atoms with Crippen LogP contribution in [0, 0.1) is 0 Å². The van der Waals surface area contributed by atoms with Gasteiger partial charge in [0.05, 0.1) is 12.5 Å². The van der Waals surface area contributed by atoms with Crippen LogP contribution in [0.3, 0.4) is 0 Å². The van der Waals surface area contributed by atoms with Gasteiger partial charge < -0.3 is 9.64 Å². The van der Waals surface area contributed by atoms with E-state index in [-0.39, 0.29) is 23.8 Å². The number of amides is 1. The fraction of sp³-hybridized carbons (Fsp3) is 0.500. The molecule has 0 radical (unpaired) electrons. The second kappa shape index (κ2) is 9.30. The Bertz CT molecular complexity index is 873. The lowest BCUT2D eigenvalue weighted by molar-refractivity contribution is -0.141. The standard InChI is InChI=1S/C20H27N3O4/c1-5-6-9-12-23-19(25)16-11-8-7-10-15(16)18(21-23)20(26)22(14(2)3)13-17(24)27-4/h7-8,10-11,14H,5-6,9,12-13H2,1-4H3. The van der Waals surface area contributed by atoms with Crippen LogP contribution in [0.1, 0.15) is 50.5 Å². The van der Waals surface area contributed by atoms with Crippen LogP contribution in [0.15, 0.2) is 29.1 Å². The third-order valence-corrected chi connectivity index (χ3v) is 4.46. The number of unbranched alkanes of at least 4 members (excludes halogenated alkanes) is 2. The number of hydrogen-bond acceptors (Lipinski definition) is 5. The third kappa shape index (κ3) is 4.72. The molecule has 0 N–H and O–H groups in total. The molecular weight excluding hydrogens is 346 g/mol. The molecule has 7 heteroatoms. The maximum atomic E-state index is 13.2. The molecule has 7 nitrogen and oxygen atoms in total. The Balaban J connectivity index is 2.54. The number of benzene rings is 1. The Kier molecular flexibility index (Phi) is 7.10. The second-order valence-corrected chi connectivity index (χ2v) is 6.73. The van der Waals surface area contributed by atoms with Crippen LogP contribution in [0.2, 0.25) is 0 Å². The van der Waals surface area contributed by atoms with Crippen molar-refractivity contribution in [3.05, 3.63) is 40.3 Å². The minimum atomic E-state index is -0.502. The predicted octanol–water partition coefficient (Wildman–Crippen LogP) is 2.61. The fourth-order valence-electron chi connectivity index (χ4n) is 2.88. The molecule has 1 aromatic heterocycles. The van der Waals surface area contributed by atoms with E-state index in [1.807, 2.05) is 13.8 Å². The van der Waals surface area contributed by atoms with Gasteiger partial charge in [-0.25, -0.2) is 4.68 Å². The number of carbonyl (C=O) groups excluding carboxylic acids is 2. The van der Waals surface area contributed by atoms with E-state index >= 15 is 0 Å². The highest BCUT2D eigenvalue weighted by molar-refractivity contribution is 6.05. The number of ether oxygens (including phenoxy) is 1. The van der Waals surface area contributed by atoms with E-state index in [0.29, 0.717) is 17.3 Å². The van der Waals surface area contributed by atoms with Crippen molar-refractivity contribution in [1.82, 2.24) is 14.7 Å². The summed E-state index contributed by atoms with van der Waals surface area (Å²) in [6.45, 7) is 6.01. The van der Waals surface area contributed by atoms with Crippen LogP contribution < -0.4 is 5.56 Å². The number of aromatic nitrogens is 2. The topological polar surface area (TPSA) is 81.5 Å². The lowest BCUT2D eigenvalue weighted by atomic mass is 10.1. The minimum absolute atomic E-state index is 0.169. The molecule has 0 aliphatic heterocycles. The molecule has 2 rings (SSSR count).